The highest BCUT2D eigenvalue weighted by atomic mass is 16.7. The molecule has 2 aliphatic heterocycles. The van der Waals surface area contributed by atoms with Crippen LogP contribution in [0.15, 0.2) is 42.5 Å². The van der Waals surface area contributed by atoms with Gasteiger partial charge in [-0.2, -0.15) is 0 Å². The van der Waals surface area contributed by atoms with Gasteiger partial charge in [0.2, 0.25) is 6.29 Å². The molecule has 0 radical (unpaired) electrons. The number of ether oxygens (including phenoxy) is 4. The van der Waals surface area contributed by atoms with Crippen LogP contribution in [0, 0.1) is 5.92 Å². The number of ketones is 1. The van der Waals surface area contributed by atoms with Gasteiger partial charge >= 0.3 is 0 Å². The molecule has 0 bridgehead atoms. The minimum Gasteiger partial charge on any atom is -0.349 e. The van der Waals surface area contributed by atoms with Gasteiger partial charge in [0.1, 0.15) is 6.10 Å². The average Bonchev–Trinajstić information content (AvgIpc) is 2.57. The fourth-order valence-electron chi connectivity index (χ4n) is 3.13. The molecule has 0 N–H and O–H groups in total. The molecule has 2 aliphatic rings. The monoisotopic (exact) mass is 318 g/mol. The molecule has 2 saturated heterocycles. The van der Waals surface area contributed by atoms with Gasteiger partial charge < -0.3 is 18.9 Å². The maximum atomic E-state index is 12.6. The van der Waals surface area contributed by atoms with Gasteiger partial charge in [0.15, 0.2) is 12.1 Å². The Bertz CT molecular complexity index is 570. The molecule has 0 saturated carbocycles. The summed E-state index contributed by atoms with van der Waals surface area (Å²) in [6.45, 7) is 6.20. The predicted octanol–water partition coefficient (Wildman–Crippen LogP) is 2.62. The molecule has 0 aliphatic carbocycles. The first-order valence-electron chi connectivity index (χ1n) is 7.78. The number of allylic oxidation sites excluding steroid dienone is 1. The lowest BCUT2D eigenvalue weighted by Crippen LogP contribution is -2.57. The molecule has 23 heavy (non-hydrogen) atoms. The molecule has 0 spiro atoms. The Labute approximate surface area is 136 Å². The number of hydrogen-bond acceptors (Lipinski definition) is 5. The van der Waals surface area contributed by atoms with Crippen LogP contribution in [0.4, 0.5) is 0 Å². The fourth-order valence-corrected chi connectivity index (χ4v) is 3.13. The number of fused-ring (bicyclic) bond motifs is 1. The van der Waals surface area contributed by atoms with Crippen molar-refractivity contribution in [2.75, 3.05) is 13.7 Å². The molecule has 5 atom stereocenters. The van der Waals surface area contributed by atoms with Crippen LogP contribution >= 0.6 is 0 Å². The molecule has 2 heterocycles. The number of benzene rings is 1. The largest absolute Gasteiger partial charge is 0.349 e. The average molecular weight is 318 g/mol. The third-order valence-electron chi connectivity index (χ3n) is 4.21. The Morgan fingerprint density at radius 3 is 2.70 bits per heavy atom. The lowest BCUT2D eigenvalue weighted by molar-refractivity contribution is -0.311. The van der Waals surface area contributed by atoms with E-state index in [9.17, 15) is 4.79 Å². The molecule has 0 aromatic heterocycles. The molecule has 1 aromatic carbocycles. The zero-order chi connectivity index (χ0) is 16.4. The third-order valence-corrected chi connectivity index (χ3v) is 4.21. The highest BCUT2D eigenvalue weighted by Crippen LogP contribution is 2.37. The van der Waals surface area contributed by atoms with Crippen molar-refractivity contribution in [2.24, 2.45) is 5.92 Å². The van der Waals surface area contributed by atoms with Crippen LogP contribution in [0.5, 0.6) is 0 Å². The number of rotatable bonds is 4. The second-order valence-corrected chi connectivity index (χ2v) is 6.09. The molecule has 0 unspecified atom stereocenters. The maximum Gasteiger partial charge on any atom is 0.218 e. The summed E-state index contributed by atoms with van der Waals surface area (Å²) in [5.41, 5.74) is 1.87. The first-order valence-corrected chi connectivity index (χ1v) is 7.78. The summed E-state index contributed by atoms with van der Waals surface area (Å²) in [7, 11) is 1.47. The summed E-state index contributed by atoms with van der Waals surface area (Å²) in [6, 6.07) is 9.70. The highest BCUT2D eigenvalue weighted by molar-refractivity contribution is 5.86. The van der Waals surface area contributed by atoms with Gasteiger partial charge in [0, 0.05) is 12.7 Å². The SMILES string of the molecule is C=C(C)C[C@@H]1C(=O)[C@@H](OC)O[C@@H]2CO[C@@H](c3ccccc3)O[C@@H]12. The molecule has 1 aromatic rings. The number of methoxy groups -OCH3 is 1. The van der Waals surface area contributed by atoms with E-state index in [2.05, 4.69) is 6.58 Å². The Morgan fingerprint density at radius 1 is 1.30 bits per heavy atom. The van der Waals surface area contributed by atoms with E-state index in [1.54, 1.807) is 0 Å². The molecule has 0 amide bonds. The predicted molar refractivity (Wildman–Crippen MR) is 83.6 cm³/mol. The van der Waals surface area contributed by atoms with E-state index < -0.39 is 12.6 Å². The van der Waals surface area contributed by atoms with Crippen molar-refractivity contribution in [1.29, 1.82) is 0 Å². The van der Waals surface area contributed by atoms with E-state index in [-0.39, 0.29) is 23.9 Å². The standard InChI is InChI=1S/C18H22O5/c1-11(2)9-13-15(19)18(20-3)22-14-10-21-17(23-16(13)14)12-7-5-4-6-8-12/h4-8,13-14,16-18H,1,9-10H2,2-3H3/t13-,14-,16+,17-,18+/m1/s1. The number of carbonyl (C=O) groups excluding carboxylic acids is 1. The number of Topliss-reactive ketones (excluding diaryl/α,β-unsaturated/α-hetero) is 1. The van der Waals surface area contributed by atoms with Gasteiger partial charge in [-0.3, -0.25) is 4.79 Å². The van der Waals surface area contributed by atoms with Gasteiger partial charge in [-0.05, 0) is 13.3 Å². The van der Waals surface area contributed by atoms with Crippen molar-refractivity contribution >= 4 is 5.78 Å². The zero-order valence-corrected chi connectivity index (χ0v) is 13.4. The van der Waals surface area contributed by atoms with Crippen LogP contribution in [-0.4, -0.2) is 38.0 Å². The van der Waals surface area contributed by atoms with Crippen molar-refractivity contribution in [2.45, 2.75) is 38.1 Å². The van der Waals surface area contributed by atoms with E-state index in [4.69, 9.17) is 18.9 Å². The van der Waals surface area contributed by atoms with Gasteiger partial charge in [-0.1, -0.05) is 35.9 Å². The third kappa shape index (κ3) is 3.38. The number of carbonyl (C=O) groups is 1. The fraction of sp³-hybridized carbons (Fsp3) is 0.500. The van der Waals surface area contributed by atoms with Crippen molar-refractivity contribution in [3.05, 3.63) is 48.0 Å². The molecule has 3 rings (SSSR count). The molecule has 2 fully saturated rings. The van der Waals surface area contributed by atoms with Crippen LogP contribution in [0.1, 0.15) is 25.2 Å². The molecule has 124 valence electrons. The first-order chi connectivity index (χ1) is 11.1. The van der Waals surface area contributed by atoms with Crippen molar-refractivity contribution in [3.8, 4) is 0 Å². The second-order valence-electron chi connectivity index (χ2n) is 6.09. The highest BCUT2D eigenvalue weighted by Gasteiger charge is 2.49. The van der Waals surface area contributed by atoms with Crippen molar-refractivity contribution in [3.63, 3.8) is 0 Å². The summed E-state index contributed by atoms with van der Waals surface area (Å²) in [5.74, 6) is -0.420. The van der Waals surface area contributed by atoms with Crippen LogP contribution in [-0.2, 0) is 23.7 Å². The number of hydrogen-bond donors (Lipinski definition) is 0. The summed E-state index contributed by atoms with van der Waals surface area (Å²) in [6.07, 6.45) is -1.46. The quantitative estimate of drug-likeness (QED) is 0.799. The summed E-state index contributed by atoms with van der Waals surface area (Å²) in [5, 5.41) is 0. The zero-order valence-electron chi connectivity index (χ0n) is 13.4. The van der Waals surface area contributed by atoms with E-state index in [1.165, 1.54) is 7.11 Å². The van der Waals surface area contributed by atoms with Gasteiger partial charge in [-0.25, -0.2) is 0 Å². The van der Waals surface area contributed by atoms with Crippen LogP contribution < -0.4 is 0 Å². The van der Waals surface area contributed by atoms with Gasteiger partial charge in [0.05, 0.1) is 18.6 Å². The van der Waals surface area contributed by atoms with Crippen molar-refractivity contribution in [1.82, 2.24) is 0 Å². The van der Waals surface area contributed by atoms with E-state index in [1.807, 2.05) is 37.3 Å². The Kier molecular flexibility index (Phi) is 4.92. The Hall–Kier alpha value is -1.53. The molecular weight excluding hydrogens is 296 g/mol. The topological polar surface area (TPSA) is 54.0 Å². The van der Waals surface area contributed by atoms with Gasteiger partial charge in [-0.15, -0.1) is 6.58 Å². The Morgan fingerprint density at radius 2 is 2.04 bits per heavy atom. The Balaban J connectivity index is 1.82. The minimum absolute atomic E-state index is 0.0922. The molecule has 5 heteroatoms. The summed E-state index contributed by atoms with van der Waals surface area (Å²) < 4.78 is 22.7. The van der Waals surface area contributed by atoms with E-state index in [0.717, 1.165) is 11.1 Å². The second kappa shape index (κ2) is 6.93. The van der Waals surface area contributed by atoms with Crippen LogP contribution in [0.3, 0.4) is 0 Å². The molecular formula is C18H22O5. The van der Waals surface area contributed by atoms with Crippen LogP contribution in [0.25, 0.3) is 0 Å². The van der Waals surface area contributed by atoms with E-state index in [0.29, 0.717) is 13.0 Å². The molecule has 5 nitrogen and oxygen atoms in total. The minimum atomic E-state index is -0.860. The summed E-state index contributed by atoms with van der Waals surface area (Å²) >= 11 is 0. The van der Waals surface area contributed by atoms with Gasteiger partial charge in [0.25, 0.3) is 0 Å². The lowest BCUT2D eigenvalue weighted by Gasteiger charge is -2.44. The first kappa shape index (κ1) is 16.3. The summed E-state index contributed by atoms with van der Waals surface area (Å²) in [4.78, 5) is 12.6. The lowest BCUT2D eigenvalue weighted by atomic mass is 9.85. The van der Waals surface area contributed by atoms with Crippen molar-refractivity contribution < 1.29 is 23.7 Å². The smallest absolute Gasteiger partial charge is 0.218 e. The normalized spacial score (nSPS) is 34.0. The van der Waals surface area contributed by atoms with Crippen LogP contribution in [0.2, 0.25) is 0 Å². The van der Waals surface area contributed by atoms with E-state index >= 15 is 0 Å². The maximum absolute atomic E-state index is 12.6.